The van der Waals surface area contributed by atoms with E-state index in [1.54, 1.807) is 11.3 Å². The first-order valence-corrected chi connectivity index (χ1v) is 10.4. The van der Waals surface area contributed by atoms with Crippen LogP contribution >= 0.6 is 24.0 Å². The third-order valence-electron chi connectivity index (χ3n) is 5.12. The number of aliphatic hydroxyl groups excluding tert-OH is 1. The number of rotatable bonds is 7. The van der Waals surface area contributed by atoms with Crippen molar-refractivity contribution in [3.05, 3.63) is 35.7 Å². The number of thiophene rings is 1. The van der Waals surface area contributed by atoms with Crippen molar-refractivity contribution in [3.8, 4) is 10.7 Å². The Morgan fingerprint density at radius 3 is 2.85 bits per heavy atom. The van der Waals surface area contributed by atoms with Gasteiger partial charge in [-0.3, -0.25) is 5.10 Å². The lowest BCUT2D eigenvalue weighted by atomic mass is 9.90. The first-order chi connectivity index (χ1) is 13.0. The second kappa shape index (κ2) is 7.61. The van der Waals surface area contributed by atoms with Crippen molar-refractivity contribution < 1.29 is 5.11 Å². The van der Waals surface area contributed by atoms with Gasteiger partial charge in [0.25, 0.3) is 0 Å². The van der Waals surface area contributed by atoms with E-state index >= 15 is 0 Å². The summed E-state index contributed by atoms with van der Waals surface area (Å²) in [5, 5.41) is 20.4. The fraction of sp³-hybridized carbons (Fsp3) is 0.421. The van der Waals surface area contributed by atoms with Crippen molar-refractivity contribution in [2.45, 2.75) is 42.7 Å². The molecular weight excluding hydrogens is 378 g/mol. The van der Waals surface area contributed by atoms with Gasteiger partial charge >= 0.3 is 0 Å². The summed E-state index contributed by atoms with van der Waals surface area (Å²) < 4.78 is 0.927. The summed E-state index contributed by atoms with van der Waals surface area (Å²) in [4.78, 5) is 10.3. The Labute approximate surface area is 167 Å². The van der Waals surface area contributed by atoms with E-state index in [9.17, 15) is 5.11 Å². The molecule has 3 heterocycles. The Morgan fingerprint density at radius 2 is 2.19 bits per heavy atom. The Balaban J connectivity index is 1.69. The maximum absolute atomic E-state index is 9.57. The van der Waals surface area contributed by atoms with Crippen molar-refractivity contribution in [3.63, 3.8) is 0 Å². The Morgan fingerprint density at radius 1 is 1.37 bits per heavy atom. The predicted octanol–water partition coefficient (Wildman–Crippen LogP) is 4.57. The summed E-state index contributed by atoms with van der Waals surface area (Å²) in [5.41, 5.74) is 2.14. The molecule has 1 fully saturated rings. The minimum Gasteiger partial charge on any atom is -0.396 e. The number of hydrogen-bond acceptors (Lipinski definition) is 7. The number of H-pyrrole nitrogens is 1. The Bertz CT molecular complexity index is 934. The van der Waals surface area contributed by atoms with E-state index in [1.165, 1.54) is 18.5 Å². The molecule has 6 nitrogen and oxygen atoms in total. The Kier molecular flexibility index (Phi) is 5.21. The number of nitrogens with one attached hydrogen (secondary N) is 2. The monoisotopic (exact) mass is 401 g/mol. The van der Waals surface area contributed by atoms with Crippen LogP contribution in [0.25, 0.3) is 10.7 Å². The van der Waals surface area contributed by atoms with Gasteiger partial charge in [0.1, 0.15) is 5.82 Å². The standard InChI is InChI=1S/C19H23N5OS2/c1-10(9-25)11(2)13-8-20-19(15-5-6-17(26)27-15)22-18(13)21-16-7-14(23-24-16)12-3-4-12/h5-8,10-12,25-26H,3-4,9H2,1-2H3,(H2,20,21,22,23,24). The van der Waals surface area contributed by atoms with Crippen LogP contribution in [0.15, 0.2) is 28.6 Å². The zero-order valence-electron chi connectivity index (χ0n) is 15.3. The van der Waals surface area contributed by atoms with Crippen molar-refractivity contribution in [2.75, 3.05) is 11.9 Å². The average Bonchev–Trinajstić information content (AvgIpc) is 3.27. The molecule has 8 heteroatoms. The molecule has 0 saturated heterocycles. The molecule has 3 N–H and O–H groups in total. The summed E-state index contributed by atoms with van der Waals surface area (Å²) in [6.45, 7) is 4.22. The molecule has 0 aliphatic heterocycles. The summed E-state index contributed by atoms with van der Waals surface area (Å²) in [6, 6.07) is 5.98. The van der Waals surface area contributed by atoms with Gasteiger partial charge in [0.15, 0.2) is 11.6 Å². The van der Waals surface area contributed by atoms with E-state index in [4.69, 9.17) is 4.98 Å². The summed E-state index contributed by atoms with van der Waals surface area (Å²) >= 11 is 5.93. The first kappa shape index (κ1) is 18.5. The Hall–Kier alpha value is -1.90. The van der Waals surface area contributed by atoms with Gasteiger partial charge in [-0.2, -0.15) is 5.10 Å². The topological polar surface area (TPSA) is 86.7 Å². The summed E-state index contributed by atoms with van der Waals surface area (Å²) in [6.07, 6.45) is 4.30. The third kappa shape index (κ3) is 4.02. The second-order valence-electron chi connectivity index (χ2n) is 7.19. The van der Waals surface area contributed by atoms with Crippen molar-refractivity contribution in [2.24, 2.45) is 5.92 Å². The molecule has 3 aromatic heterocycles. The highest BCUT2D eigenvalue weighted by Crippen LogP contribution is 2.40. The number of nitrogens with zero attached hydrogens (tertiary/aromatic N) is 3. The van der Waals surface area contributed by atoms with E-state index in [2.05, 4.69) is 46.1 Å². The highest BCUT2D eigenvalue weighted by Gasteiger charge is 2.26. The number of anilines is 2. The minimum absolute atomic E-state index is 0.104. The number of aromatic nitrogens is 4. The summed E-state index contributed by atoms with van der Waals surface area (Å²) in [7, 11) is 0. The van der Waals surface area contributed by atoms with E-state index in [1.807, 2.05) is 25.3 Å². The van der Waals surface area contributed by atoms with Gasteiger partial charge in [0.2, 0.25) is 0 Å². The van der Waals surface area contributed by atoms with Gasteiger partial charge in [0.05, 0.1) is 9.09 Å². The molecule has 4 rings (SSSR count). The number of thiol groups is 1. The zero-order valence-corrected chi connectivity index (χ0v) is 17.0. The molecule has 2 unspecified atom stereocenters. The van der Waals surface area contributed by atoms with Crippen LogP contribution in [0.2, 0.25) is 0 Å². The highest BCUT2D eigenvalue weighted by atomic mass is 32.2. The first-order valence-electron chi connectivity index (χ1n) is 9.14. The third-order valence-corrected chi connectivity index (χ3v) is 6.43. The van der Waals surface area contributed by atoms with Crippen molar-refractivity contribution in [1.29, 1.82) is 0 Å². The van der Waals surface area contributed by atoms with Gasteiger partial charge in [0, 0.05) is 36.0 Å². The molecule has 0 aromatic carbocycles. The fourth-order valence-corrected chi connectivity index (χ4v) is 4.04. The molecule has 0 bridgehead atoms. The molecular formula is C19H23N5OS2. The lowest BCUT2D eigenvalue weighted by Gasteiger charge is -2.20. The van der Waals surface area contributed by atoms with E-state index in [-0.39, 0.29) is 18.4 Å². The van der Waals surface area contributed by atoms with E-state index in [0.717, 1.165) is 26.3 Å². The largest absolute Gasteiger partial charge is 0.396 e. The van der Waals surface area contributed by atoms with Crippen LogP contribution in [-0.4, -0.2) is 31.9 Å². The van der Waals surface area contributed by atoms with Gasteiger partial charge in [-0.05, 0) is 36.8 Å². The average molecular weight is 402 g/mol. The van der Waals surface area contributed by atoms with Crippen molar-refractivity contribution >= 4 is 35.6 Å². The zero-order chi connectivity index (χ0) is 19.0. The van der Waals surface area contributed by atoms with E-state index in [0.29, 0.717) is 11.7 Å². The molecule has 1 aliphatic rings. The lowest BCUT2D eigenvalue weighted by molar-refractivity contribution is 0.220. The van der Waals surface area contributed by atoms with Crippen LogP contribution < -0.4 is 5.32 Å². The minimum atomic E-state index is 0.104. The van der Waals surface area contributed by atoms with Crippen LogP contribution in [0.1, 0.15) is 49.8 Å². The molecule has 0 spiro atoms. The van der Waals surface area contributed by atoms with Crippen LogP contribution in [0, 0.1) is 5.92 Å². The predicted molar refractivity (Wildman–Crippen MR) is 111 cm³/mol. The van der Waals surface area contributed by atoms with Gasteiger partial charge in [-0.1, -0.05) is 13.8 Å². The summed E-state index contributed by atoms with van der Waals surface area (Å²) in [5.74, 6) is 2.97. The van der Waals surface area contributed by atoms with E-state index < -0.39 is 0 Å². The number of hydrogen-bond donors (Lipinski definition) is 4. The SMILES string of the molecule is CC(CO)C(C)c1cnc(-c2ccc(S)s2)nc1Nc1cc(C2CC2)[nH]n1. The van der Waals surface area contributed by atoms with Crippen LogP contribution in [0.5, 0.6) is 0 Å². The maximum Gasteiger partial charge on any atom is 0.171 e. The van der Waals surface area contributed by atoms with Crippen LogP contribution in [-0.2, 0) is 0 Å². The smallest absolute Gasteiger partial charge is 0.171 e. The molecule has 1 aliphatic carbocycles. The molecule has 0 radical (unpaired) electrons. The van der Waals surface area contributed by atoms with Crippen LogP contribution in [0.4, 0.5) is 11.6 Å². The molecule has 1 saturated carbocycles. The van der Waals surface area contributed by atoms with Crippen LogP contribution in [0.3, 0.4) is 0 Å². The number of aromatic amines is 1. The second-order valence-corrected chi connectivity index (χ2v) is 9.06. The highest BCUT2D eigenvalue weighted by molar-refractivity contribution is 7.83. The van der Waals surface area contributed by atoms with Gasteiger partial charge < -0.3 is 10.4 Å². The molecule has 27 heavy (non-hydrogen) atoms. The molecule has 3 aromatic rings. The van der Waals surface area contributed by atoms with Gasteiger partial charge in [-0.15, -0.1) is 24.0 Å². The number of aliphatic hydroxyl groups is 1. The maximum atomic E-state index is 9.57. The quantitative estimate of drug-likeness (QED) is 0.436. The normalized spacial score (nSPS) is 16.3. The molecule has 2 atom stereocenters. The molecule has 142 valence electrons. The lowest BCUT2D eigenvalue weighted by Crippen LogP contribution is -2.14. The molecule has 0 amide bonds. The van der Waals surface area contributed by atoms with Crippen molar-refractivity contribution in [1.82, 2.24) is 20.2 Å². The van der Waals surface area contributed by atoms with Gasteiger partial charge in [-0.25, -0.2) is 9.97 Å². The fourth-order valence-electron chi connectivity index (χ4n) is 2.98.